The molecule has 0 fully saturated rings. The normalized spacial score (nSPS) is 16.3. The number of fused-ring (bicyclic) bond motifs is 1. The van der Waals surface area contributed by atoms with E-state index >= 15 is 0 Å². The Morgan fingerprint density at radius 1 is 1.16 bits per heavy atom. The Hall–Kier alpha value is -2.37. The van der Waals surface area contributed by atoms with Gasteiger partial charge in [0.2, 0.25) is 17.7 Å². The lowest BCUT2D eigenvalue weighted by Crippen LogP contribution is -2.42. The van der Waals surface area contributed by atoms with Gasteiger partial charge < -0.3 is 15.5 Å². The van der Waals surface area contributed by atoms with Crippen LogP contribution in [0, 0.1) is 5.92 Å². The van der Waals surface area contributed by atoms with E-state index in [2.05, 4.69) is 16.7 Å². The molecule has 6 nitrogen and oxygen atoms in total. The van der Waals surface area contributed by atoms with Crippen molar-refractivity contribution in [2.75, 3.05) is 19.6 Å². The summed E-state index contributed by atoms with van der Waals surface area (Å²) in [7, 11) is 0. The van der Waals surface area contributed by atoms with Crippen molar-refractivity contribution in [3.05, 3.63) is 35.4 Å². The van der Waals surface area contributed by atoms with Crippen LogP contribution in [0.3, 0.4) is 0 Å². The molecule has 1 atom stereocenters. The number of carbonyl (C=O) groups is 3. The van der Waals surface area contributed by atoms with Crippen molar-refractivity contribution in [1.29, 1.82) is 0 Å². The van der Waals surface area contributed by atoms with Gasteiger partial charge >= 0.3 is 0 Å². The Morgan fingerprint density at radius 3 is 2.52 bits per heavy atom. The van der Waals surface area contributed by atoms with Crippen LogP contribution in [-0.4, -0.2) is 42.3 Å². The highest BCUT2D eigenvalue weighted by Crippen LogP contribution is 2.32. The number of carbonyl (C=O) groups excluding carboxylic acids is 3. The van der Waals surface area contributed by atoms with Gasteiger partial charge in [0.1, 0.15) is 0 Å². The molecule has 1 aliphatic rings. The molecule has 25 heavy (non-hydrogen) atoms. The molecule has 1 aliphatic heterocycles. The molecule has 2 N–H and O–H groups in total. The lowest BCUT2D eigenvalue weighted by atomic mass is 9.90. The molecule has 1 heterocycles. The Bertz CT molecular complexity index is 643. The summed E-state index contributed by atoms with van der Waals surface area (Å²) in [5, 5.41) is 5.59. The monoisotopic (exact) mass is 345 g/mol. The molecule has 1 aromatic rings. The fourth-order valence-corrected chi connectivity index (χ4v) is 3.09. The first-order chi connectivity index (χ1) is 11.9. The smallest absolute Gasteiger partial charge is 0.222 e. The summed E-state index contributed by atoms with van der Waals surface area (Å²) in [6.07, 6.45) is 1.05. The summed E-state index contributed by atoms with van der Waals surface area (Å²) in [4.78, 5) is 37.5. The van der Waals surface area contributed by atoms with Gasteiger partial charge in [0.05, 0.1) is 12.5 Å². The van der Waals surface area contributed by atoms with Crippen LogP contribution < -0.4 is 10.6 Å². The minimum atomic E-state index is -0.229. The number of benzene rings is 1. The van der Waals surface area contributed by atoms with Crippen LogP contribution >= 0.6 is 0 Å². The third-order valence-electron chi connectivity index (χ3n) is 4.47. The number of amides is 3. The topological polar surface area (TPSA) is 78.5 Å². The second-order valence-corrected chi connectivity index (χ2v) is 6.68. The molecule has 0 spiro atoms. The Labute approximate surface area is 149 Å². The van der Waals surface area contributed by atoms with Crippen molar-refractivity contribution in [3.63, 3.8) is 0 Å². The van der Waals surface area contributed by atoms with Gasteiger partial charge in [0, 0.05) is 32.5 Å². The molecule has 1 aromatic carbocycles. The molecule has 136 valence electrons. The van der Waals surface area contributed by atoms with E-state index in [4.69, 9.17) is 0 Å². The van der Waals surface area contributed by atoms with E-state index in [0.717, 1.165) is 12.0 Å². The van der Waals surface area contributed by atoms with Crippen molar-refractivity contribution in [1.82, 2.24) is 15.5 Å². The van der Waals surface area contributed by atoms with Crippen LogP contribution in [0.2, 0.25) is 0 Å². The van der Waals surface area contributed by atoms with Crippen LogP contribution in [0.1, 0.15) is 44.4 Å². The second kappa shape index (κ2) is 8.65. The summed E-state index contributed by atoms with van der Waals surface area (Å²) in [5.41, 5.74) is 2.24. The number of hydrogen-bond acceptors (Lipinski definition) is 3. The minimum Gasteiger partial charge on any atom is -0.354 e. The highest BCUT2D eigenvalue weighted by molar-refractivity contribution is 5.80. The largest absolute Gasteiger partial charge is 0.354 e. The van der Waals surface area contributed by atoms with Gasteiger partial charge in [-0.15, -0.1) is 0 Å². The van der Waals surface area contributed by atoms with E-state index in [9.17, 15) is 14.4 Å². The molecule has 0 bridgehead atoms. The fourth-order valence-electron chi connectivity index (χ4n) is 3.09. The maximum Gasteiger partial charge on any atom is 0.222 e. The molecule has 0 aliphatic carbocycles. The summed E-state index contributed by atoms with van der Waals surface area (Å²) in [5.74, 6) is -0.236. The molecule has 0 saturated heterocycles. The summed E-state index contributed by atoms with van der Waals surface area (Å²) in [6, 6.07) is 7.74. The lowest BCUT2D eigenvalue weighted by Gasteiger charge is -2.36. The third kappa shape index (κ3) is 5.05. The molecule has 2 rings (SSSR count). The number of nitrogens with one attached hydrogen (secondary N) is 2. The van der Waals surface area contributed by atoms with E-state index in [0.29, 0.717) is 19.6 Å². The maximum atomic E-state index is 12.3. The van der Waals surface area contributed by atoms with Crippen LogP contribution in [0.25, 0.3) is 0 Å². The molecule has 0 radical (unpaired) electrons. The van der Waals surface area contributed by atoms with E-state index in [1.165, 1.54) is 5.56 Å². The minimum absolute atomic E-state index is 0.0171. The van der Waals surface area contributed by atoms with Crippen molar-refractivity contribution < 1.29 is 14.4 Å². The van der Waals surface area contributed by atoms with Crippen LogP contribution in [0.4, 0.5) is 0 Å². The van der Waals surface area contributed by atoms with Gasteiger partial charge in [-0.3, -0.25) is 14.4 Å². The summed E-state index contributed by atoms with van der Waals surface area (Å²) in [6.45, 7) is 6.61. The van der Waals surface area contributed by atoms with Crippen molar-refractivity contribution in [3.8, 4) is 0 Å². The van der Waals surface area contributed by atoms with Crippen LogP contribution in [-0.2, 0) is 20.8 Å². The van der Waals surface area contributed by atoms with E-state index < -0.39 is 0 Å². The van der Waals surface area contributed by atoms with Gasteiger partial charge in [-0.05, 0) is 17.5 Å². The second-order valence-electron chi connectivity index (χ2n) is 6.68. The molecule has 6 heteroatoms. The molecule has 0 aromatic heterocycles. The van der Waals surface area contributed by atoms with Gasteiger partial charge in [0.15, 0.2) is 0 Å². The van der Waals surface area contributed by atoms with Gasteiger partial charge in [-0.25, -0.2) is 0 Å². The van der Waals surface area contributed by atoms with E-state index in [-0.39, 0.29) is 36.1 Å². The van der Waals surface area contributed by atoms with Crippen molar-refractivity contribution in [2.24, 2.45) is 5.92 Å². The van der Waals surface area contributed by atoms with Crippen LogP contribution in [0.5, 0.6) is 0 Å². The summed E-state index contributed by atoms with van der Waals surface area (Å²) >= 11 is 0. The van der Waals surface area contributed by atoms with Gasteiger partial charge in [0.25, 0.3) is 0 Å². The quantitative estimate of drug-likeness (QED) is 0.765. The Morgan fingerprint density at radius 2 is 1.84 bits per heavy atom. The predicted octanol–water partition coefficient (Wildman–Crippen LogP) is 1.41. The van der Waals surface area contributed by atoms with Crippen molar-refractivity contribution >= 4 is 17.7 Å². The zero-order valence-electron chi connectivity index (χ0n) is 15.2. The first kappa shape index (κ1) is 19.0. The first-order valence-electron chi connectivity index (χ1n) is 8.79. The standard InChI is InChI=1S/C19H27N3O3/c1-13(2)19(25)21-10-9-20-18(24)12-17-16-7-5-4-6-15(16)8-11-22(17)14(3)23/h4-7,13,17H,8-12H2,1-3H3,(H,20,24)(H,21,25). The predicted molar refractivity (Wildman–Crippen MR) is 95.7 cm³/mol. The fraction of sp³-hybridized carbons (Fsp3) is 0.526. The average molecular weight is 345 g/mol. The van der Waals surface area contributed by atoms with Gasteiger partial charge in [-0.1, -0.05) is 38.1 Å². The first-order valence-corrected chi connectivity index (χ1v) is 8.79. The van der Waals surface area contributed by atoms with Crippen LogP contribution in [0.15, 0.2) is 24.3 Å². The lowest BCUT2D eigenvalue weighted by molar-refractivity contribution is -0.133. The highest BCUT2D eigenvalue weighted by Gasteiger charge is 2.30. The maximum absolute atomic E-state index is 12.3. The SMILES string of the molecule is CC(=O)N1CCc2ccccc2C1CC(=O)NCCNC(=O)C(C)C. The number of hydrogen-bond donors (Lipinski definition) is 2. The number of nitrogens with zero attached hydrogens (tertiary/aromatic N) is 1. The Balaban J connectivity index is 1.93. The molecule has 3 amide bonds. The van der Waals surface area contributed by atoms with Crippen molar-refractivity contribution in [2.45, 2.75) is 39.7 Å². The third-order valence-corrected chi connectivity index (χ3v) is 4.47. The highest BCUT2D eigenvalue weighted by atomic mass is 16.2. The molecule has 0 saturated carbocycles. The molecule has 1 unspecified atom stereocenters. The zero-order valence-corrected chi connectivity index (χ0v) is 15.2. The molecular weight excluding hydrogens is 318 g/mol. The number of rotatable bonds is 6. The summed E-state index contributed by atoms with van der Waals surface area (Å²) < 4.78 is 0. The Kier molecular flexibility index (Phi) is 6.56. The molecular formula is C19H27N3O3. The zero-order chi connectivity index (χ0) is 18.4. The van der Waals surface area contributed by atoms with E-state index in [1.807, 2.05) is 32.0 Å². The van der Waals surface area contributed by atoms with E-state index in [1.54, 1.807) is 11.8 Å². The average Bonchev–Trinajstić information content (AvgIpc) is 2.58. The van der Waals surface area contributed by atoms with Gasteiger partial charge in [-0.2, -0.15) is 0 Å².